The number of nitrogens with zero attached hydrogens (tertiary/aromatic N) is 1. The van der Waals surface area contributed by atoms with Crippen LogP contribution in [0, 0.1) is 10.1 Å². The van der Waals surface area contributed by atoms with Gasteiger partial charge in [-0.05, 0) is 30.8 Å². The van der Waals surface area contributed by atoms with Crippen molar-refractivity contribution in [3.8, 4) is 0 Å². The van der Waals surface area contributed by atoms with Gasteiger partial charge in [-0.3, -0.25) is 10.1 Å². The maximum Gasteiger partial charge on any atom is 0.274 e. The van der Waals surface area contributed by atoms with Crippen molar-refractivity contribution in [3.05, 3.63) is 68.7 Å². The molecule has 0 aliphatic heterocycles. The minimum atomic E-state index is -0.390. The Balaban J connectivity index is 2.16. The number of rotatable bonds is 6. The fourth-order valence-corrected chi connectivity index (χ4v) is 3.31. The van der Waals surface area contributed by atoms with E-state index in [1.807, 2.05) is 25.2 Å². The number of nitrogens with one attached hydrogen (secondary N) is 1. The standard InChI is InChI=1S/C15H15ClN2O2S/c1-17-9-11-4-2-5-12(8-11)21-10-13-14(16)6-3-7-15(13)18(19)20/h2-8,17H,9-10H2,1H3. The summed E-state index contributed by atoms with van der Waals surface area (Å²) in [6.45, 7) is 0.792. The predicted octanol–water partition coefficient (Wildman–Crippen LogP) is 4.26. The first kappa shape index (κ1) is 15.8. The van der Waals surface area contributed by atoms with E-state index in [9.17, 15) is 10.1 Å². The zero-order valence-electron chi connectivity index (χ0n) is 11.5. The summed E-state index contributed by atoms with van der Waals surface area (Å²) in [7, 11) is 1.90. The predicted molar refractivity (Wildman–Crippen MR) is 86.9 cm³/mol. The Morgan fingerprint density at radius 3 is 2.76 bits per heavy atom. The molecule has 0 atom stereocenters. The molecular formula is C15H15ClN2O2S. The number of hydrogen-bond acceptors (Lipinski definition) is 4. The highest BCUT2D eigenvalue weighted by Gasteiger charge is 2.16. The molecule has 0 saturated carbocycles. The molecule has 0 aliphatic rings. The third-order valence-corrected chi connectivity index (χ3v) is 4.33. The number of hydrogen-bond donors (Lipinski definition) is 1. The lowest BCUT2D eigenvalue weighted by Gasteiger charge is -2.07. The minimum Gasteiger partial charge on any atom is -0.316 e. The largest absolute Gasteiger partial charge is 0.316 e. The highest BCUT2D eigenvalue weighted by Crippen LogP contribution is 2.33. The monoisotopic (exact) mass is 322 g/mol. The maximum atomic E-state index is 11.1. The molecule has 2 rings (SSSR count). The van der Waals surface area contributed by atoms with Gasteiger partial charge in [0.1, 0.15) is 0 Å². The Bertz CT molecular complexity index is 649. The first-order valence-electron chi connectivity index (χ1n) is 6.40. The van der Waals surface area contributed by atoms with Gasteiger partial charge in [0.25, 0.3) is 5.69 Å². The summed E-state index contributed by atoms with van der Waals surface area (Å²) < 4.78 is 0. The Morgan fingerprint density at radius 1 is 1.29 bits per heavy atom. The van der Waals surface area contributed by atoms with Gasteiger partial charge in [-0.2, -0.15) is 0 Å². The normalized spacial score (nSPS) is 10.6. The summed E-state index contributed by atoms with van der Waals surface area (Å²) in [6, 6.07) is 12.9. The number of halogens is 1. The Labute approximate surface area is 132 Å². The highest BCUT2D eigenvalue weighted by molar-refractivity contribution is 7.98. The molecule has 6 heteroatoms. The van der Waals surface area contributed by atoms with E-state index in [1.165, 1.54) is 11.6 Å². The zero-order chi connectivity index (χ0) is 15.2. The smallest absolute Gasteiger partial charge is 0.274 e. The molecule has 0 heterocycles. The van der Waals surface area contributed by atoms with E-state index in [-0.39, 0.29) is 10.6 Å². The second-order valence-corrected chi connectivity index (χ2v) is 5.92. The molecule has 110 valence electrons. The molecule has 0 unspecified atom stereocenters. The van der Waals surface area contributed by atoms with Crippen LogP contribution in [-0.4, -0.2) is 12.0 Å². The molecule has 0 bridgehead atoms. The molecule has 0 fully saturated rings. The van der Waals surface area contributed by atoms with Gasteiger partial charge >= 0.3 is 0 Å². The average Bonchev–Trinajstić information content (AvgIpc) is 2.46. The van der Waals surface area contributed by atoms with Crippen LogP contribution in [0.25, 0.3) is 0 Å². The molecule has 0 spiro atoms. The first-order chi connectivity index (χ1) is 10.1. The summed E-state index contributed by atoms with van der Waals surface area (Å²) in [5.74, 6) is 0.471. The van der Waals surface area contributed by atoms with Crippen LogP contribution >= 0.6 is 23.4 Å². The van der Waals surface area contributed by atoms with E-state index in [0.29, 0.717) is 16.3 Å². The SMILES string of the molecule is CNCc1cccc(SCc2c(Cl)cccc2[N+](=O)[O-])c1. The molecule has 0 aromatic heterocycles. The quantitative estimate of drug-likeness (QED) is 0.490. The van der Waals surface area contributed by atoms with Gasteiger partial charge in [-0.1, -0.05) is 29.8 Å². The van der Waals surface area contributed by atoms with Crippen LogP contribution in [0.3, 0.4) is 0 Å². The van der Waals surface area contributed by atoms with E-state index < -0.39 is 0 Å². The van der Waals surface area contributed by atoms with Crippen molar-refractivity contribution >= 4 is 29.1 Å². The first-order valence-corrected chi connectivity index (χ1v) is 7.76. The lowest BCUT2D eigenvalue weighted by atomic mass is 10.2. The second-order valence-electron chi connectivity index (χ2n) is 4.46. The zero-order valence-corrected chi connectivity index (χ0v) is 13.1. The van der Waals surface area contributed by atoms with E-state index in [4.69, 9.17) is 11.6 Å². The van der Waals surface area contributed by atoms with Crippen molar-refractivity contribution in [3.63, 3.8) is 0 Å². The van der Waals surface area contributed by atoms with Crippen LogP contribution in [0.1, 0.15) is 11.1 Å². The van der Waals surface area contributed by atoms with E-state index in [0.717, 1.165) is 11.4 Å². The third kappa shape index (κ3) is 4.20. The van der Waals surface area contributed by atoms with Crippen LogP contribution in [0.15, 0.2) is 47.4 Å². The minimum absolute atomic E-state index is 0.0707. The lowest BCUT2D eigenvalue weighted by Crippen LogP contribution is -2.04. The molecule has 0 amide bonds. The summed E-state index contributed by atoms with van der Waals surface area (Å²) in [6.07, 6.45) is 0. The summed E-state index contributed by atoms with van der Waals surface area (Å²) in [5, 5.41) is 14.6. The molecule has 0 aliphatic carbocycles. The molecule has 0 radical (unpaired) electrons. The van der Waals surface area contributed by atoms with Crippen molar-refractivity contribution < 1.29 is 4.92 Å². The maximum absolute atomic E-state index is 11.1. The van der Waals surface area contributed by atoms with Crippen LogP contribution in [0.2, 0.25) is 5.02 Å². The van der Waals surface area contributed by atoms with Gasteiger partial charge in [0.2, 0.25) is 0 Å². The van der Waals surface area contributed by atoms with Gasteiger partial charge < -0.3 is 5.32 Å². The van der Waals surface area contributed by atoms with Crippen molar-refractivity contribution in [1.82, 2.24) is 5.32 Å². The lowest BCUT2D eigenvalue weighted by molar-refractivity contribution is -0.385. The molecule has 1 N–H and O–H groups in total. The topological polar surface area (TPSA) is 55.2 Å². The highest BCUT2D eigenvalue weighted by atomic mass is 35.5. The molecule has 2 aromatic carbocycles. The Morgan fingerprint density at radius 2 is 2.05 bits per heavy atom. The molecule has 21 heavy (non-hydrogen) atoms. The van der Waals surface area contributed by atoms with Gasteiger partial charge in [-0.25, -0.2) is 0 Å². The van der Waals surface area contributed by atoms with Crippen molar-refractivity contribution in [1.29, 1.82) is 0 Å². The number of nitro benzene ring substituents is 1. The summed E-state index contributed by atoms with van der Waals surface area (Å²) in [4.78, 5) is 11.7. The van der Waals surface area contributed by atoms with Crippen LogP contribution < -0.4 is 5.32 Å². The van der Waals surface area contributed by atoms with E-state index in [1.54, 1.807) is 23.9 Å². The third-order valence-electron chi connectivity index (χ3n) is 2.95. The van der Waals surface area contributed by atoms with Gasteiger partial charge in [-0.15, -0.1) is 11.8 Å². The number of nitro groups is 1. The number of benzene rings is 2. The fraction of sp³-hybridized carbons (Fsp3) is 0.200. The van der Waals surface area contributed by atoms with Crippen LogP contribution in [0.5, 0.6) is 0 Å². The Kier molecular flexibility index (Phi) is 5.61. The molecular weight excluding hydrogens is 308 g/mol. The molecule has 4 nitrogen and oxygen atoms in total. The van der Waals surface area contributed by atoms with Gasteiger partial charge in [0, 0.05) is 23.3 Å². The van der Waals surface area contributed by atoms with Crippen molar-refractivity contribution in [2.45, 2.75) is 17.2 Å². The van der Waals surface area contributed by atoms with Crippen molar-refractivity contribution in [2.75, 3.05) is 7.05 Å². The van der Waals surface area contributed by atoms with Crippen LogP contribution in [-0.2, 0) is 12.3 Å². The van der Waals surface area contributed by atoms with Crippen molar-refractivity contribution in [2.24, 2.45) is 0 Å². The van der Waals surface area contributed by atoms with E-state index in [2.05, 4.69) is 11.4 Å². The summed E-state index contributed by atoms with van der Waals surface area (Å²) in [5.41, 5.74) is 1.81. The van der Waals surface area contributed by atoms with Gasteiger partial charge in [0.15, 0.2) is 0 Å². The second kappa shape index (κ2) is 7.45. The average molecular weight is 323 g/mol. The fourth-order valence-electron chi connectivity index (χ4n) is 1.97. The molecule has 0 saturated heterocycles. The molecule has 2 aromatic rings. The van der Waals surface area contributed by atoms with Gasteiger partial charge in [0.05, 0.1) is 15.5 Å². The van der Waals surface area contributed by atoms with Crippen LogP contribution in [0.4, 0.5) is 5.69 Å². The summed E-state index contributed by atoms with van der Waals surface area (Å²) >= 11 is 7.64. The number of thioether (sulfide) groups is 1. The Hall–Kier alpha value is -1.56. The van der Waals surface area contributed by atoms with E-state index >= 15 is 0 Å².